The van der Waals surface area contributed by atoms with E-state index in [2.05, 4.69) is 31.9 Å². The summed E-state index contributed by atoms with van der Waals surface area (Å²) in [6.07, 6.45) is -2.48. The predicted molar refractivity (Wildman–Crippen MR) is 101 cm³/mol. The van der Waals surface area contributed by atoms with Crippen LogP contribution in [0.15, 0.2) is 6.33 Å². The van der Waals surface area contributed by atoms with Gasteiger partial charge in [0.2, 0.25) is 5.28 Å². The number of fused-ring (bicyclic) bond motifs is 1. The van der Waals surface area contributed by atoms with Crippen LogP contribution in [0.2, 0.25) is 5.28 Å². The number of imidazole rings is 1. The highest BCUT2D eigenvalue weighted by Crippen LogP contribution is 2.40. The Balaban J connectivity index is 0.000000370. The molecule has 1 aliphatic rings. The summed E-state index contributed by atoms with van der Waals surface area (Å²) in [5.41, 5.74) is 6.38. The van der Waals surface area contributed by atoms with Crippen LogP contribution in [-0.2, 0) is 22.9 Å². The molecule has 3 heterocycles. The number of aliphatic hydroxyl groups is 2. The van der Waals surface area contributed by atoms with E-state index in [1.54, 1.807) is 0 Å². The average Bonchev–Trinajstić information content (AvgIpc) is 3.15. The summed E-state index contributed by atoms with van der Waals surface area (Å²) in [4.78, 5) is 27.3. The fourth-order valence-electron chi connectivity index (χ4n) is 2.41. The Bertz CT molecular complexity index is 901. The van der Waals surface area contributed by atoms with Crippen LogP contribution in [-0.4, -0.2) is 70.4 Å². The molecule has 2 aromatic heterocycles. The Morgan fingerprint density at radius 3 is 2.62 bits per heavy atom. The van der Waals surface area contributed by atoms with Crippen LogP contribution >= 0.6 is 40.7 Å². The quantitative estimate of drug-likeness (QED) is 0.135. The molecule has 0 radical (unpaired) electrons. The first-order valence-corrected chi connectivity index (χ1v) is 10.8. The van der Waals surface area contributed by atoms with Gasteiger partial charge in [-0.3, -0.25) is 4.57 Å². The van der Waals surface area contributed by atoms with Crippen molar-refractivity contribution < 1.29 is 42.9 Å². The highest BCUT2D eigenvalue weighted by molar-refractivity contribution is 7.80. The maximum absolute atomic E-state index is 10.2. The molecule has 6 N–H and O–H groups in total. The molecule has 2 unspecified atom stereocenters. The average molecular weight is 492 g/mol. The Hall–Kier alpha value is -0.960. The highest BCUT2D eigenvalue weighted by atomic mass is 35.5. The fourth-order valence-corrected chi connectivity index (χ4v) is 3.03. The zero-order chi connectivity index (χ0) is 21.8. The number of anilines is 1. The highest BCUT2D eigenvalue weighted by Gasteiger charge is 2.44. The Morgan fingerprint density at radius 1 is 1.38 bits per heavy atom. The van der Waals surface area contributed by atoms with Crippen molar-refractivity contribution in [2.75, 3.05) is 18.3 Å². The van der Waals surface area contributed by atoms with Crippen molar-refractivity contribution in [3.63, 3.8) is 0 Å². The number of hydrogen-bond donors (Lipinski definition) is 6. The summed E-state index contributed by atoms with van der Waals surface area (Å²) < 4.78 is 34.2. The number of nitrogens with zero attached hydrogens (tertiary/aromatic N) is 4. The molecule has 1 saturated heterocycles. The van der Waals surface area contributed by atoms with Gasteiger partial charge in [0.15, 0.2) is 17.7 Å². The van der Waals surface area contributed by atoms with Gasteiger partial charge in [0.1, 0.15) is 23.8 Å². The number of rotatable bonds is 6. The number of halogens is 1. The zero-order valence-corrected chi connectivity index (χ0v) is 17.7. The molecule has 2 aromatic rings. The summed E-state index contributed by atoms with van der Waals surface area (Å²) in [6, 6.07) is 0. The van der Waals surface area contributed by atoms with Crippen LogP contribution in [0.25, 0.3) is 11.2 Å². The van der Waals surface area contributed by atoms with Crippen molar-refractivity contribution in [3.05, 3.63) is 11.6 Å². The van der Waals surface area contributed by atoms with Crippen molar-refractivity contribution in [2.24, 2.45) is 0 Å². The molecule has 1 fully saturated rings. The summed E-state index contributed by atoms with van der Waals surface area (Å²) in [6.45, 7) is 0.0999. The second-order valence-electron chi connectivity index (χ2n) is 5.39. The van der Waals surface area contributed by atoms with Gasteiger partial charge in [-0.05, 0) is 11.6 Å². The second-order valence-corrected chi connectivity index (χ2v) is 7.77. The smallest absolute Gasteiger partial charge is 0.387 e. The Kier molecular flexibility index (Phi) is 8.70. The van der Waals surface area contributed by atoms with Crippen LogP contribution < -0.4 is 5.73 Å². The molecule has 0 amide bonds. The van der Waals surface area contributed by atoms with Crippen molar-refractivity contribution in [3.8, 4) is 0 Å². The number of aromatic nitrogens is 4. The summed E-state index contributed by atoms with van der Waals surface area (Å²) in [7, 11) is -5.49. The van der Waals surface area contributed by atoms with Crippen molar-refractivity contribution in [1.29, 1.82) is 0 Å². The molecule has 29 heavy (non-hydrogen) atoms. The summed E-state index contributed by atoms with van der Waals surface area (Å²) in [5.74, 6) is 0.303. The minimum Gasteiger partial charge on any atom is -0.387 e. The number of nitrogen functional groups attached to an aromatic ring is 1. The standard InChI is InChI=1S/C11H14ClN5O4S.H2O5P2/c12-11-15-8(13)5-9(16-11)17(2-14-5)10-7(19)6(18)4(21-10)1-20-3-22;1-6-5-7(2,3)4/h2,4,6-7,10,18-19,22H,1,3H2,(H2,13,15,16);(H2,2,3,4)/t4?,6-,7-,10?;/m1./s1. The molecule has 0 saturated carbocycles. The third-order valence-electron chi connectivity index (χ3n) is 3.55. The van der Waals surface area contributed by atoms with Crippen molar-refractivity contribution in [1.82, 2.24) is 19.5 Å². The minimum absolute atomic E-state index is 0.0465. The summed E-state index contributed by atoms with van der Waals surface area (Å²) >= 11 is 9.71. The Morgan fingerprint density at radius 2 is 2.07 bits per heavy atom. The largest absolute Gasteiger partial charge is 0.480 e. The van der Waals surface area contributed by atoms with Gasteiger partial charge in [0.05, 0.1) is 18.9 Å². The van der Waals surface area contributed by atoms with Crippen LogP contribution in [0.1, 0.15) is 6.23 Å². The van der Waals surface area contributed by atoms with Gasteiger partial charge >= 0.3 is 16.5 Å². The predicted octanol–water partition coefficient (Wildman–Crippen LogP) is -0.113. The summed E-state index contributed by atoms with van der Waals surface area (Å²) in [5, 5.41) is 20.2. The third-order valence-corrected chi connectivity index (χ3v) is 5.01. The number of nitrogens with two attached hydrogens (primary N) is 1. The molecule has 3 rings (SSSR count). The lowest BCUT2D eigenvalue weighted by Crippen LogP contribution is -2.33. The van der Waals surface area contributed by atoms with Gasteiger partial charge in [-0.2, -0.15) is 26.9 Å². The van der Waals surface area contributed by atoms with Gasteiger partial charge in [0, 0.05) is 0 Å². The normalized spacial score (nSPS) is 24.6. The van der Waals surface area contributed by atoms with E-state index in [0.717, 1.165) is 0 Å². The number of ether oxygens (including phenoxy) is 2. The van der Waals surface area contributed by atoms with Gasteiger partial charge in [-0.1, -0.05) is 0 Å². The van der Waals surface area contributed by atoms with Gasteiger partial charge in [-0.25, -0.2) is 14.1 Å². The molecule has 0 spiro atoms. The first kappa shape index (κ1) is 24.3. The fraction of sp³-hybridized carbons (Fsp3) is 0.545. The van der Waals surface area contributed by atoms with Gasteiger partial charge in [-0.15, -0.1) is 0 Å². The van der Waals surface area contributed by atoms with Crippen LogP contribution in [0, 0.1) is 0 Å². The minimum atomic E-state index is -4.49. The van der Waals surface area contributed by atoms with Crippen molar-refractivity contribution >= 4 is 57.7 Å². The van der Waals surface area contributed by atoms with E-state index in [1.165, 1.54) is 10.9 Å². The van der Waals surface area contributed by atoms with Crippen LogP contribution in [0.4, 0.5) is 5.82 Å². The van der Waals surface area contributed by atoms with Crippen molar-refractivity contribution in [2.45, 2.75) is 24.5 Å². The van der Waals surface area contributed by atoms with Crippen LogP contribution in [0.3, 0.4) is 0 Å². The van der Waals surface area contributed by atoms with E-state index in [4.69, 9.17) is 36.6 Å². The number of phosphoric acid groups is 1. The van der Waals surface area contributed by atoms with E-state index < -0.39 is 41.0 Å². The number of hydrogen-bond acceptors (Lipinski definition) is 12. The van der Waals surface area contributed by atoms with E-state index in [0.29, 0.717) is 11.2 Å². The first-order chi connectivity index (χ1) is 13.6. The van der Waals surface area contributed by atoms with E-state index in [1.807, 2.05) is 0 Å². The molecule has 0 bridgehead atoms. The van der Waals surface area contributed by atoms with Gasteiger partial charge < -0.3 is 35.2 Å². The molecule has 0 aliphatic carbocycles. The van der Waals surface area contributed by atoms with Gasteiger partial charge in [0.25, 0.3) is 0 Å². The van der Waals surface area contributed by atoms with E-state index in [9.17, 15) is 19.3 Å². The molecule has 14 nitrogen and oxygen atoms in total. The zero-order valence-electron chi connectivity index (χ0n) is 14.2. The SMILES string of the molecule is Nc1nc(Cl)nc2c1ncn2C1OC(COCS)[C@@H](O)[C@H]1O.O=POP(=O)(O)O. The lowest BCUT2D eigenvalue weighted by molar-refractivity contribution is -0.0596. The molecule has 4 atom stereocenters. The molecular formula is C11H16ClN5O9P2S. The lowest BCUT2D eigenvalue weighted by Gasteiger charge is -2.16. The lowest BCUT2D eigenvalue weighted by atomic mass is 10.1. The molecule has 18 heteroatoms. The third kappa shape index (κ3) is 6.26. The molecule has 1 aliphatic heterocycles. The van der Waals surface area contributed by atoms with E-state index >= 15 is 0 Å². The maximum Gasteiger partial charge on any atom is 0.480 e. The molecular weight excluding hydrogens is 476 g/mol. The molecule has 0 aromatic carbocycles. The Labute approximate surface area is 174 Å². The van der Waals surface area contributed by atoms with Crippen LogP contribution in [0.5, 0.6) is 0 Å². The second kappa shape index (κ2) is 10.4. The number of thiol groups is 1. The van der Waals surface area contributed by atoms with E-state index in [-0.39, 0.29) is 23.6 Å². The first-order valence-electron chi connectivity index (χ1n) is 7.51. The monoisotopic (exact) mass is 491 g/mol. The maximum atomic E-state index is 10.2. The number of aliphatic hydroxyl groups excluding tert-OH is 2. The topological polar surface area (TPSA) is 212 Å². The molecule has 162 valence electrons.